The first-order chi connectivity index (χ1) is 6.50. The van der Waals surface area contributed by atoms with Crippen molar-refractivity contribution in [2.75, 3.05) is 26.8 Å². The number of hydrogen-bond donors (Lipinski definition) is 0. The zero-order chi connectivity index (χ0) is 10.8. The lowest BCUT2D eigenvalue weighted by Gasteiger charge is -2.20. The Hall–Kier alpha value is -0.680. The van der Waals surface area contributed by atoms with Gasteiger partial charge in [-0.3, -0.25) is 15.0 Å². The summed E-state index contributed by atoms with van der Waals surface area (Å²) in [6.07, 6.45) is 2.25. The molecule has 1 fully saturated rings. The van der Waals surface area contributed by atoms with E-state index in [-0.39, 0.29) is 4.92 Å². The molecule has 0 N–H and O–H groups in total. The van der Waals surface area contributed by atoms with Crippen molar-refractivity contribution >= 4 is 0 Å². The predicted molar refractivity (Wildman–Crippen MR) is 54.5 cm³/mol. The summed E-state index contributed by atoms with van der Waals surface area (Å²) in [6.45, 7) is 6.03. The molecule has 0 aromatic heterocycles. The summed E-state index contributed by atoms with van der Waals surface area (Å²) in [7, 11) is 1.81. The SMILES string of the molecule is CCCCN1CN(C)C(C)([N+](=O)[O-])C1. The average Bonchev–Trinajstić information content (AvgIpc) is 2.41. The van der Waals surface area contributed by atoms with Crippen molar-refractivity contribution in [2.45, 2.75) is 32.4 Å². The van der Waals surface area contributed by atoms with Crippen molar-refractivity contribution in [1.82, 2.24) is 9.80 Å². The molecule has 1 aliphatic rings. The van der Waals surface area contributed by atoms with Crippen LogP contribution in [0, 0.1) is 10.1 Å². The van der Waals surface area contributed by atoms with E-state index in [2.05, 4.69) is 11.8 Å². The molecule has 0 saturated carbocycles. The van der Waals surface area contributed by atoms with Crippen LogP contribution in [0.4, 0.5) is 0 Å². The fourth-order valence-corrected chi connectivity index (χ4v) is 1.78. The van der Waals surface area contributed by atoms with E-state index in [1.165, 1.54) is 0 Å². The van der Waals surface area contributed by atoms with Gasteiger partial charge in [-0.1, -0.05) is 13.3 Å². The zero-order valence-corrected chi connectivity index (χ0v) is 9.19. The van der Waals surface area contributed by atoms with Crippen LogP contribution in [0.25, 0.3) is 0 Å². The largest absolute Gasteiger partial charge is 0.288 e. The Morgan fingerprint density at radius 2 is 2.21 bits per heavy atom. The minimum absolute atomic E-state index is 0.182. The summed E-state index contributed by atoms with van der Waals surface area (Å²) < 4.78 is 0. The molecule has 0 amide bonds. The first-order valence-corrected chi connectivity index (χ1v) is 5.09. The molecule has 14 heavy (non-hydrogen) atoms. The van der Waals surface area contributed by atoms with E-state index in [0.717, 1.165) is 19.4 Å². The number of nitrogens with zero attached hydrogens (tertiary/aromatic N) is 3. The van der Waals surface area contributed by atoms with Gasteiger partial charge >= 0.3 is 0 Å². The monoisotopic (exact) mass is 201 g/mol. The van der Waals surface area contributed by atoms with E-state index in [1.807, 2.05) is 11.9 Å². The number of rotatable bonds is 4. The molecular formula is C9H19N3O2. The van der Waals surface area contributed by atoms with E-state index >= 15 is 0 Å². The lowest BCUT2D eigenvalue weighted by atomic mass is 10.2. The van der Waals surface area contributed by atoms with E-state index in [0.29, 0.717) is 13.2 Å². The van der Waals surface area contributed by atoms with Gasteiger partial charge < -0.3 is 0 Å². The van der Waals surface area contributed by atoms with Gasteiger partial charge in [0.05, 0.1) is 13.2 Å². The molecule has 0 radical (unpaired) electrons. The maximum absolute atomic E-state index is 10.9. The van der Waals surface area contributed by atoms with Crippen LogP contribution in [-0.4, -0.2) is 47.2 Å². The summed E-state index contributed by atoms with van der Waals surface area (Å²) in [6, 6.07) is 0. The van der Waals surface area contributed by atoms with Gasteiger partial charge in [-0.05, 0) is 20.0 Å². The second-order valence-electron chi connectivity index (χ2n) is 4.22. The third-order valence-electron chi connectivity index (χ3n) is 2.98. The van der Waals surface area contributed by atoms with Crippen LogP contribution in [0.3, 0.4) is 0 Å². The van der Waals surface area contributed by atoms with Gasteiger partial charge in [0.1, 0.15) is 0 Å². The molecule has 82 valence electrons. The standard InChI is InChI=1S/C9H19N3O2/c1-4-5-6-11-7-9(2,12(13)14)10(3)8-11/h4-8H2,1-3H3. The molecule has 0 aromatic carbocycles. The molecule has 0 aromatic rings. The Bertz CT molecular complexity index is 222. The van der Waals surface area contributed by atoms with Gasteiger partial charge in [-0.15, -0.1) is 0 Å². The smallest absolute Gasteiger partial charge is 0.282 e. The Morgan fingerprint density at radius 1 is 1.57 bits per heavy atom. The molecule has 1 unspecified atom stereocenters. The van der Waals surface area contributed by atoms with Crippen LogP contribution in [0.5, 0.6) is 0 Å². The summed E-state index contributed by atoms with van der Waals surface area (Å²) in [5, 5.41) is 10.9. The number of unbranched alkanes of at least 4 members (excludes halogenated alkanes) is 1. The Kier molecular flexibility index (Phi) is 3.44. The summed E-state index contributed by atoms with van der Waals surface area (Å²) in [4.78, 5) is 14.7. The normalized spacial score (nSPS) is 29.6. The molecule has 5 nitrogen and oxygen atoms in total. The van der Waals surface area contributed by atoms with Crippen molar-refractivity contribution in [3.63, 3.8) is 0 Å². The number of nitro groups is 1. The first kappa shape index (κ1) is 11.4. The van der Waals surface area contributed by atoms with Crippen LogP contribution < -0.4 is 0 Å². The zero-order valence-electron chi connectivity index (χ0n) is 9.19. The number of hydrogen-bond acceptors (Lipinski definition) is 4. The van der Waals surface area contributed by atoms with Crippen LogP contribution >= 0.6 is 0 Å². The Morgan fingerprint density at radius 3 is 2.64 bits per heavy atom. The Labute approximate surface area is 84.8 Å². The highest BCUT2D eigenvalue weighted by molar-refractivity contribution is 4.84. The van der Waals surface area contributed by atoms with Gasteiger partial charge in [0.2, 0.25) is 0 Å². The van der Waals surface area contributed by atoms with Gasteiger partial charge in [0.15, 0.2) is 0 Å². The van der Waals surface area contributed by atoms with Crippen LogP contribution in [0.2, 0.25) is 0 Å². The molecule has 1 heterocycles. The summed E-state index contributed by atoms with van der Waals surface area (Å²) >= 11 is 0. The lowest BCUT2D eigenvalue weighted by molar-refractivity contribution is -0.586. The van der Waals surface area contributed by atoms with Crippen molar-refractivity contribution in [3.05, 3.63) is 10.1 Å². The predicted octanol–water partition coefficient (Wildman–Crippen LogP) is 0.984. The molecule has 1 atom stereocenters. The third kappa shape index (κ3) is 2.04. The maximum Gasteiger partial charge on any atom is 0.288 e. The van der Waals surface area contributed by atoms with Crippen molar-refractivity contribution < 1.29 is 4.92 Å². The maximum atomic E-state index is 10.9. The van der Waals surface area contributed by atoms with E-state index < -0.39 is 5.66 Å². The minimum Gasteiger partial charge on any atom is -0.282 e. The number of likely N-dealkylation sites (N-methyl/N-ethyl adjacent to an activating group) is 1. The minimum atomic E-state index is -0.895. The highest BCUT2D eigenvalue weighted by Gasteiger charge is 2.48. The van der Waals surface area contributed by atoms with Gasteiger partial charge in [0, 0.05) is 11.8 Å². The molecule has 1 saturated heterocycles. The fraction of sp³-hybridized carbons (Fsp3) is 1.00. The highest BCUT2D eigenvalue weighted by atomic mass is 16.6. The molecule has 1 rings (SSSR count). The molecule has 0 spiro atoms. The first-order valence-electron chi connectivity index (χ1n) is 5.09. The van der Waals surface area contributed by atoms with E-state index in [9.17, 15) is 10.1 Å². The van der Waals surface area contributed by atoms with Crippen molar-refractivity contribution in [1.29, 1.82) is 0 Å². The van der Waals surface area contributed by atoms with Crippen molar-refractivity contribution in [2.24, 2.45) is 0 Å². The van der Waals surface area contributed by atoms with Crippen LogP contribution in [0.1, 0.15) is 26.7 Å². The lowest BCUT2D eigenvalue weighted by Crippen LogP contribution is -2.47. The van der Waals surface area contributed by atoms with E-state index in [1.54, 1.807) is 6.92 Å². The Balaban J connectivity index is 2.55. The molecule has 0 bridgehead atoms. The molecular weight excluding hydrogens is 182 g/mol. The third-order valence-corrected chi connectivity index (χ3v) is 2.98. The summed E-state index contributed by atoms with van der Waals surface area (Å²) in [5.74, 6) is 0. The second-order valence-corrected chi connectivity index (χ2v) is 4.22. The second kappa shape index (κ2) is 4.23. The van der Waals surface area contributed by atoms with Crippen LogP contribution in [0.15, 0.2) is 0 Å². The van der Waals surface area contributed by atoms with Gasteiger partial charge in [-0.2, -0.15) is 0 Å². The molecule has 5 heteroatoms. The van der Waals surface area contributed by atoms with Crippen molar-refractivity contribution in [3.8, 4) is 0 Å². The molecule has 0 aliphatic carbocycles. The van der Waals surface area contributed by atoms with Crippen LogP contribution in [-0.2, 0) is 0 Å². The van der Waals surface area contributed by atoms with E-state index in [4.69, 9.17) is 0 Å². The van der Waals surface area contributed by atoms with Gasteiger partial charge in [0.25, 0.3) is 5.66 Å². The highest BCUT2D eigenvalue weighted by Crippen LogP contribution is 2.23. The summed E-state index contributed by atoms with van der Waals surface area (Å²) in [5.41, 5.74) is -0.895. The average molecular weight is 201 g/mol. The molecule has 1 aliphatic heterocycles. The van der Waals surface area contributed by atoms with Gasteiger partial charge in [-0.25, -0.2) is 4.90 Å². The topological polar surface area (TPSA) is 49.6 Å². The quantitative estimate of drug-likeness (QED) is 0.502. The fourth-order valence-electron chi connectivity index (χ4n) is 1.78.